The van der Waals surface area contributed by atoms with E-state index < -0.39 is 0 Å². The van der Waals surface area contributed by atoms with E-state index in [1.807, 2.05) is 18.2 Å². The quantitative estimate of drug-likeness (QED) is 0.761. The molecule has 1 unspecified atom stereocenters. The molecule has 17 heavy (non-hydrogen) atoms. The van der Waals surface area contributed by atoms with Crippen molar-refractivity contribution in [2.24, 2.45) is 0 Å². The lowest BCUT2D eigenvalue weighted by atomic mass is 10.1. The van der Waals surface area contributed by atoms with Crippen LogP contribution in [0.15, 0.2) is 66.0 Å². The summed E-state index contributed by atoms with van der Waals surface area (Å²) < 4.78 is 5.12. The zero-order chi connectivity index (χ0) is 11.9. The number of hydrogen-bond donors (Lipinski definition) is 1. The molecule has 88 valence electrons. The molecule has 2 nitrogen and oxygen atoms in total. The maximum Gasteiger partial charge on any atom is 0.0950 e. The normalized spacial score (nSPS) is 12.2. The molecule has 1 N–H and O–H groups in total. The van der Waals surface area contributed by atoms with E-state index in [1.54, 1.807) is 12.5 Å². The van der Waals surface area contributed by atoms with E-state index >= 15 is 0 Å². The van der Waals surface area contributed by atoms with Crippen LogP contribution in [0.3, 0.4) is 0 Å². The van der Waals surface area contributed by atoms with Crippen molar-refractivity contribution < 1.29 is 4.42 Å². The molecule has 0 aliphatic heterocycles. The van der Waals surface area contributed by atoms with Gasteiger partial charge in [-0.15, -0.1) is 6.58 Å². The molecule has 0 aliphatic carbocycles. The highest BCUT2D eigenvalue weighted by Crippen LogP contribution is 2.18. The van der Waals surface area contributed by atoms with Gasteiger partial charge in [0, 0.05) is 18.2 Å². The Hall–Kier alpha value is -1.80. The fourth-order valence-electron chi connectivity index (χ4n) is 1.81. The average Bonchev–Trinajstić information content (AvgIpc) is 2.89. The summed E-state index contributed by atoms with van der Waals surface area (Å²) in [7, 11) is 0. The maximum absolute atomic E-state index is 5.12. The lowest BCUT2D eigenvalue weighted by molar-refractivity contribution is 0.518. The molecule has 2 aromatic rings. The predicted octanol–water partition coefficient (Wildman–Crippen LogP) is 3.69. The van der Waals surface area contributed by atoms with Gasteiger partial charge in [0.05, 0.1) is 12.5 Å². The molecule has 0 spiro atoms. The van der Waals surface area contributed by atoms with Crippen LogP contribution in [0.25, 0.3) is 0 Å². The lowest BCUT2D eigenvalue weighted by Gasteiger charge is -2.15. The first-order valence-corrected chi connectivity index (χ1v) is 5.80. The highest BCUT2D eigenvalue weighted by Gasteiger charge is 2.10. The Bertz CT molecular complexity index is 433. The van der Waals surface area contributed by atoms with Gasteiger partial charge in [0.2, 0.25) is 0 Å². The largest absolute Gasteiger partial charge is 0.472 e. The van der Waals surface area contributed by atoms with Crippen LogP contribution in [0.1, 0.15) is 23.6 Å². The minimum atomic E-state index is 0.270. The van der Waals surface area contributed by atoms with Crippen molar-refractivity contribution in [3.8, 4) is 0 Å². The molecule has 1 aromatic heterocycles. The summed E-state index contributed by atoms with van der Waals surface area (Å²) in [6.07, 6.45) is 6.31. The van der Waals surface area contributed by atoms with Gasteiger partial charge in [-0.2, -0.15) is 0 Å². The minimum absolute atomic E-state index is 0.270. The van der Waals surface area contributed by atoms with Crippen LogP contribution in [0.4, 0.5) is 0 Å². The van der Waals surface area contributed by atoms with Gasteiger partial charge in [-0.1, -0.05) is 36.4 Å². The van der Waals surface area contributed by atoms with Crippen LogP contribution in [-0.4, -0.2) is 0 Å². The maximum atomic E-state index is 5.12. The molecular formula is C15H17NO. The van der Waals surface area contributed by atoms with E-state index in [2.05, 4.69) is 36.2 Å². The Morgan fingerprint density at radius 3 is 2.71 bits per heavy atom. The molecule has 0 fully saturated rings. The summed E-state index contributed by atoms with van der Waals surface area (Å²) in [5.41, 5.74) is 2.45. The number of hydrogen-bond acceptors (Lipinski definition) is 2. The first-order chi connectivity index (χ1) is 8.40. The average molecular weight is 227 g/mol. The molecular weight excluding hydrogens is 210 g/mol. The monoisotopic (exact) mass is 227 g/mol. The standard InChI is InChI=1S/C15H17NO/c1-2-6-15(14-9-10-17-12-14)16-11-13-7-4-3-5-8-13/h2-5,7-10,12,15-16H,1,6,11H2. The van der Waals surface area contributed by atoms with Gasteiger partial charge in [0.1, 0.15) is 0 Å². The van der Waals surface area contributed by atoms with Gasteiger partial charge in [-0.25, -0.2) is 0 Å². The zero-order valence-electron chi connectivity index (χ0n) is 9.80. The summed E-state index contributed by atoms with van der Waals surface area (Å²) in [6.45, 7) is 4.65. The first-order valence-electron chi connectivity index (χ1n) is 5.80. The van der Waals surface area contributed by atoms with Gasteiger partial charge in [0.15, 0.2) is 0 Å². The zero-order valence-corrected chi connectivity index (χ0v) is 9.80. The van der Waals surface area contributed by atoms with E-state index in [4.69, 9.17) is 4.42 Å². The first kappa shape index (κ1) is 11.7. The number of rotatable bonds is 6. The second-order valence-electron chi connectivity index (χ2n) is 4.00. The van der Waals surface area contributed by atoms with Crippen molar-refractivity contribution in [3.63, 3.8) is 0 Å². The van der Waals surface area contributed by atoms with Crippen LogP contribution < -0.4 is 5.32 Å². The Kier molecular flexibility index (Phi) is 4.17. The smallest absolute Gasteiger partial charge is 0.0950 e. The molecule has 0 saturated heterocycles. The minimum Gasteiger partial charge on any atom is -0.472 e. The Morgan fingerprint density at radius 2 is 2.06 bits per heavy atom. The SMILES string of the molecule is C=CCC(NCc1ccccc1)c1ccoc1. The summed E-state index contributed by atoms with van der Waals surface area (Å²) in [5, 5.41) is 3.51. The third kappa shape index (κ3) is 3.33. The molecule has 0 bridgehead atoms. The van der Waals surface area contributed by atoms with Gasteiger partial charge < -0.3 is 9.73 Å². The summed E-state index contributed by atoms with van der Waals surface area (Å²) >= 11 is 0. The van der Waals surface area contributed by atoms with E-state index in [1.165, 1.54) is 11.1 Å². The van der Waals surface area contributed by atoms with Crippen molar-refractivity contribution in [3.05, 3.63) is 72.7 Å². The van der Waals surface area contributed by atoms with Crippen LogP contribution >= 0.6 is 0 Å². The molecule has 1 heterocycles. The van der Waals surface area contributed by atoms with Crippen LogP contribution in [0.2, 0.25) is 0 Å². The Morgan fingerprint density at radius 1 is 1.24 bits per heavy atom. The van der Waals surface area contributed by atoms with Crippen molar-refractivity contribution in [1.29, 1.82) is 0 Å². The molecule has 0 radical (unpaired) electrons. The van der Waals surface area contributed by atoms with Crippen molar-refractivity contribution in [1.82, 2.24) is 5.32 Å². The van der Waals surface area contributed by atoms with E-state index in [9.17, 15) is 0 Å². The molecule has 0 amide bonds. The molecule has 0 aliphatic rings. The number of nitrogens with one attached hydrogen (secondary N) is 1. The number of furan rings is 1. The molecule has 2 heteroatoms. The van der Waals surface area contributed by atoms with Crippen molar-refractivity contribution in [2.75, 3.05) is 0 Å². The van der Waals surface area contributed by atoms with Gasteiger partial charge in [-0.3, -0.25) is 0 Å². The highest BCUT2D eigenvalue weighted by molar-refractivity contribution is 5.16. The van der Waals surface area contributed by atoms with Crippen LogP contribution in [0, 0.1) is 0 Å². The fraction of sp³-hybridized carbons (Fsp3) is 0.200. The third-order valence-electron chi connectivity index (χ3n) is 2.74. The van der Waals surface area contributed by atoms with Crippen LogP contribution in [0.5, 0.6) is 0 Å². The van der Waals surface area contributed by atoms with E-state index in [-0.39, 0.29) is 6.04 Å². The summed E-state index contributed by atoms with van der Waals surface area (Å²) in [6, 6.07) is 12.6. The summed E-state index contributed by atoms with van der Waals surface area (Å²) in [5.74, 6) is 0. The molecule has 0 saturated carbocycles. The molecule has 1 atom stereocenters. The highest BCUT2D eigenvalue weighted by atomic mass is 16.3. The second-order valence-corrected chi connectivity index (χ2v) is 4.00. The molecule has 1 aromatic carbocycles. The van der Waals surface area contributed by atoms with Crippen LogP contribution in [-0.2, 0) is 6.54 Å². The second kappa shape index (κ2) is 6.06. The van der Waals surface area contributed by atoms with Gasteiger partial charge in [-0.05, 0) is 18.1 Å². The third-order valence-corrected chi connectivity index (χ3v) is 2.74. The predicted molar refractivity (Wildman–Crippen MR) is 69.5 cm³/mol. The van der Waals surface area contributed by atoms with Crippen molar-refractivity contribution >= 4 is 0 Å². The van der Waals surface area contributed by atoms with Gasteiger partial charge in [0.25, 0.3) is 0 Å². The Labute approximate surface area is 102 Å². The van der Waals surface area contributed by atoms with Crippen molar-refractivity contribution in [2.45, 2.75) is 19.0 Å². The van der Waals surface area contributed by atoms with E-state index in [0.29, 0.717) is 0 Å². The Balaban J connectivity index is 1.97. The molecule has 2 rings (SSSR count). The fourth-order valence-corrected chi connectivity index (χ4v) is 1.81. The lowest BCUT2D eigenvalue weighted by Crippen LogP contribution is -2.19. The topological polar surface area (TPSA) is 25.2 Å². The number of benzene rings is 1. The van der Waals surface area contributed by atoms with E-state index in [0.717, 1.165) is 13.0 Å². The van der Waals surface area contributed by atoms with Gasteiger partial charge >= 0.3 is 0 Å². The summed E-state index contributed by atoms with van der Waals surface area (Å²) in [4.78, 5) is 0.